The third kappa shape index (κ3) is 3.96. The zero-order valence-corrected chi connectivity index (χ0v) is 12.5. The van der Waals surface area contributed by atoms with Gasteiger partial charge in [-0.25, -0.2) is 0 Å². The molecular formula is C16H31NO. The van der Waals surface area contributed by atoms with E-state index in [1.165, 1.54) is 44.9 Å². The Bertz CT molecular complexity index is 241. The van der Waals surface area contributed by atoms with Crippen molar-refractivity contribution in [3.05, 3.63) is 0 Å². The number of nitrogens with one attached hydrogen (secondary N) is 1. The van der Waals surface area contributed by atoms with Crippen LogP contribution in [0.15, 0.2) is 0 Å². The van der Waals surface area contributed by atoms with Crippen molar-refractivity contribution < 1.29 is 4.74 Å². The maximum Gasteiger partial charge on any atom is 0.0589 e. The Morgan fingerprint density at radius 2 is 1.94 bits per heavy atom. The molecule has 106 valence electrons. The van der Waals surface area contributed by atoms with Crippen LogP contribution >= 0.6 is 0 Å². The minimum absolute atomic E-state index is 0.513. The predicted octanol–water partition coefficient (Wildman–Crippen LogP) is 3.75. The van der Waals surface area contributed by atoms with E-state index in [1.54, 1.807) is 0 Å². The lowest BCUT2D eigenvalue weighted by molar-refractivity contribution is -0.00760. The molecule has 0 bridgehead atoms. The molecule has 0 aromatic carbocycles. The van der Waals surface area contributed by atoms with Gasteiger partial charge in [-0.05, 0) is 50.4 Å². The van der Waals surface area contributed by atoms with Crippen molar-refractivity contribution in [2.24, 2.45) is 11.8 Å². The van der Waals surface area contributed by atoms with Crippen LogP contribution in [-0.2, 0) is 4.74 Å². The maximum absolute atomic E-state index is 5.84. The molecular weight excluding hydrogens is 222 g/mol. The molecule has 0 radical (unpaired) electrons. The molecule has 5 atom stereocenters. The largest absolute Gasteiger partial charge is 0.378 e. The van der Waals surface area contributed by atoms with Crippen LogP contribution in [0.5, 0.6) is 0 Å². The van der Waals surface area contributed by atoms with Gasteiger partial charge in [-0.1, -0.05) is 27.2 Å². The zero-order chi connectivity index (χ0) is 13.0. The molecule has 0 amide bonds. The van der Waals surface area contributed by atoms with Crippen molar-refractivity contribution in [1.82, 2.24) is 5.32 Å². The van der Waals surface area contributed by atoms with Gasteiger partial charge in [-0.3, -0.25) is 0 Å². The third-order valence-electron chi connectivity index (χ3n) is 4.86. The van der Waals surface area contributed by atoms with Crippen molar-refractivity contribution >= 4 is 0 Å². The van der Waals surface area contributed by atoms with Crippen molar-refractivity contribution in [3.8, 4) is 0 Å². The summed E-state index contributed by atoms with van der Waals surface area (Å²) in [6.45, 7) is 8.04. The summed E-state index contributed by atoms with van der Waals surface area (Å²) in [6, 6.07) is 1.46. The van der Waals surface area contributed by atoms with Gasteiger partial charge >= 0.3 is 0 Å². The number of hydrogen-bond donors (Lipinski definition) is 1. The highest BCUT2D eigenvalue weighted by molar-refractivity contribution is 4.86. The Hall–Kier alpha value is -0.0800. The van der Waals surface area contributed by atoms with Crippen LogP contribution in [0.25, 0.3) is 0 Å². The highest BCUT2D eigenvalue weighted by Crippen LogP contribution is 2.30. The van der Waals surface area contributed by atoms with Crippen LogP contribution in [0.4, 0.5) is 0 Å². The first-order valence-electron chi connectivity index (χ1n) is 8.06. The second-order valence-corrected chi connectivity index (χ2v) is 6.67. The van der Waals surface area contributed by atoms with Gasteiger partial charge in [0.05, 0.1) is 6.10 Å². The van der Waals surface area contributed by atoms with Crippen LogP contribution in [0.1, 0.15) is 65.7 Å². The molecule has 2 aliphatic rings. The Morgan fingerprint density at radius 3 is 2.67 bits per heavy atom. The summed E-state index contributed by atoms with van der Waals surface area (Å²) < 4.78 is 5.84. The van der Waals surface area contributed by atoms with E-state index in [4.69, 9.17) is 4.74 Å². The van der Waals surface area contributed by atoms with Gasteiger partial charge < -0.3 is 10.1 Å². The van der Waals surface area contributed by atoms with E-state index in [2.05, 4.69) is 26.1 Å². The fraction of sp³-hybridized carbons (Fsp3) is 1.00. The van der Waals surface area contributed by atoms with Gasteiger partial charge in [0.15, 0.2) is 0 Å². The van der Waals surface area contributed by atoms with Crippen molar-refractivity contribution in [2.75, 3.05) is 6.61 Å². The summed E-state index contributed by atoms with van der Waals surface area (Å²) in [5.41, 5.74) is 0. The van der Waals surface area contributed by atoms with E-state index in [0.29, 0.717) is 12.1 Å². The Kier molecular flexibility index (Phi) is 5.50. The number of hydrogen-bond acceptors (Lipinski definition) is 2. The number of ether oxygens (including phenoxy) is 1. The summed E-state index contributed by atoms with van der Waals surface area (Å²) >= 11 is 0. The van der Waals surface area contributed by atoms with Crippen LogP contribution < -0.4 is 5.32 Å². The molecule has 5 unspecified atom stereocenters. The lowest BCUT2D eigenvalue weighted by Crippen LogP contribution is -2.48. The molecule has 2 heteroatoms. The van der Waals surface area contributed by atoms with E-state index in [1.807, 2.05) is 0 Å². The average molecular weight is 253 g/mol. The van der Waals surface area contributed by atoms with E-state index in [-0.39, 0.29) is 0 Å². The van der Waals surface area contributed by atoms with Gasteiger partial charge in [0, 0.05) is 18.7 Å². The average Bonchev–Trinajstić information content (AvgIpc) is 2.34. The highest BCUT2D eigenvalue weighted by Gasteiger charge is 2.29. The first-order chi connectivity index (χ1) is 8.69. The minimum atomic E-state index is 0.513. The van der Waals surface area contributed by atoms with Gasteiger partial charge in [0.25, 0.3) is 0 Å². The lowest BCUT2D eigenvalue weighted by Gasteiger charge is -2.38. The van der Waals surface area contributed by atoms with E-state index in [9.17, 15) is 0 Å². The molecule has 18 heavy (non-hydrogen) atoms. The first kappa shape index (κ1) is 14.3. The molecule has 1 N–H and O–H groups in total. The zero-order valence-electron chi connectivity index (χ0n) is 12.5. The maximum atomic E-state index is 5.84. The fourth-order valence-electron chi connectivity index (χ4n) is 3.77. The van der Waals surface area contributed by atoms with Crippen molar-refractivity contribution in [1.29, 1.82) is 0 Å². The molecule has 0 aromatic heterocycles. The van der Waals surface area contributed by atoms with Crippen LogP contribution in [0, 0.1) is 11.8 Å². The molecule has 1 aliphatic carbocycles. The van der Waals surface area contributed by atoms with Crippen LogP contribution in [0.2, 0.25) is 0 Å². The third-order valence-corrected chi connectivity index (χ3v) is 4.86. The van der Waals surface area contributed by atoms with Crippen molar-refractivity contribution in [2.45, 2.75) is 83.9 Å². The molecule has 2 nitrogen and oxygen atoms in total. The van der Waals surface area contributed by atoms with E-state index in [0.717, 1.165) is 24.5 Å². The fourth-order valence-corrected chi connectivity index (χ4v) is 3.77. The summed E-state index contributed by atoms with van der Waals surface area (Å²) in [6.07, 6.45) is 9.61. The molecule has 0 spiro atoms. The smallest absolute Gasteiger partial charge is 0.0589 e. The van der Waals surface area contributed by atoms with Gasteiger partial charge in [-0.2, -0.15) is 0 Å². The molecule has 2 rings (SSSR count). The Balaban J connectivity index is 1.78. The normalized spacial score (nSPS) is 41.8. The number of rotatable bonds is 4. The van der Waals surface area contributed by atoms with Crippen LogP contribution in [-0.4, -0.2) is 24.8 Å². The monoisotopic (exact) mass is 253 g/mol. The van der Waals surface area contributed by atoms with Gasteiger partial charge in [-0.15, -0.1) is 0 Å². The summed E-state index contributed by atoms with van der Waals surface area (Å²) in [5.74, 6) is 1.78. The molecule has 0 aromatic rings. The molecule has 2 fully saturated rings. The molecule has 1 saturated heterocycles. The second kappa shape index (κ2) is 6.91. The standard InChI is InChI=1S/C16H31NO/c1-4-5-15-11-14(8-9-18-15)17-16-7-6-12(2)10-13(16)3/h12-17H,4-11H2,1-3H3. The van der Waals surface area contributed by atoms with Crippen molar-refractivity contribution in [3.63, 3.8) is 0 Å². The summed E-state index contributed by atoms with van der Waals surface area (Å²) in [7, 11) is 0. The van der Waals surface area contributed by atoms with E-state index < -0.39 is 0 Å². The highest BCUT2D eigenvalue weighted by atomic mass is 16.5. The Morgan fingerprint density at radius 1 is 1.11 bits per heavy atom. The Labute approximate surface area is 113 Å². The topological polar surface area (TPSA) is 21.3 Å². The van der Waals surface area contributed by atoms with Gasteiger partial charge in [0.1, 0.15) is 0 Å². The predicted molar refractivity (Wildman–Crippen MR) is 76.8 cm³/mol. The summed E-state index contributed by atoms with van der Waals surface area (Å²) in [4.78, 5) is 0. The van der Waals surface area contributed by atoms with Gasteiger partial charge in [0.2, 0.25) is 0 Å². The van der Waals surface area contributed by atoms with Crippen LogP contribution in [0.3, 0.4) is 0 Å². The molecule has 1 heterocycles. The lowest BCUT2D eigenvalue weighted by atomic mass is 9.79. The molecule has 1 aliphatic heterocycles. The minimum Gasteiger partial charge on any atom is -0.378 e. The first-order valence-corrected chi connectivity index (χ1v) is 8.06. The summed E-state index contributed by atoms with van der Waals surface area (Å²) in [5, 5.41) is 3.94. The molecule has 1 saturated carbocycles. The second-order valence-electron chi connectivity index (χ2n) is 6.67. The van der Waals surface area contributed by atoms with E-state index >= 15 is 0 Å². The SMILES string of the molecule is CCCC1CC(NC2CCC(C)CC2C)CCO1. The quantitative estimate of drug-likeness (QED) is 0.824.